The van der Waals surface area contributed by atoms with Gasteiger partial charge in [0.2, 0.25) is 11.8 Å². The van der Waals surface area contributed by atoms with Gasteiger partial charge in [-0.15, -0.1) is 0 Å². The Morgan fingerprint density at radius 1 is 0.778 bits per heavy atom. The second-order valence-electron chi connectivity index (χ2n) is 11.1. The smallest absolute Gasteiger partial charge is 0.264 e. The zero-order chi connectivity index (χ0) is 31.8. The molecule has 7 nitrogen and oxygen atoms in total. The first-order valence-corrected chi connectivity index (χ1v) is 17.1. The molecule has 1 aliphatic carbocycles. The lowest BCUT2D eigenvalue weighted by Crippen LogP contribution is -2.54. The van der Waals surface area contributed by atoms with Gasteiger partial charge in [-0.3, -0.25) is 13.9 Å². The third kappa shape index (κ3) is 8.25. The van der Waals surface area contributed by atoms with E-state index >= 15 is 0 Å². The van der Waals surface area contributed by atoms with Crippen LogP contribution in [-0.4, -0.2) is 43.8 Å². The molecule has 1 N–H and O–H groups in total. The summed E-state index contributed by atoms with van der Waals surface area (Å²) in [5, 5.41) is 3.85. The molecule has 4 aromatic rings. The third-order valence-corrected chi connectivity index (χ3v) is 10.5. The highest BCUT2D eigenvalue weighted by Crippen LogP contribution is 2.27. The lowest BCUT2D eigenvalue weighted by molar-refractivity contribution is -0.140. The lowest BCUT2D eigenvalue weighted by atomic mass is 10.0. The van der Waals surface area contributed by atoms with Crippen LogP contribution in [0.15, 0.2) is 114 Å². The van der Waals surface area contributed by atoms with Crippen molar-refractivity contribution >= 4 is 50.7 Å². The summed E-state index contributed by atoms with van der Waals surface area (Å²) in [7, 11) is -4.14. The van der Waals surface area contributed by atoms with Gasteiger partial charge in [-0.1, -0.05) is 109 Å². The lowest BCUT2D eigenvalue weighted by Gasteiger charge is -2.34. The molecule has 1 aliphatic rings. The van der Waals surface area contributed by atoms with Crippen LogP contribution < -0.4 is 9.62 Å². The fraction of sp³-hybridized carbons (Fsp3) is 0.257. The Labute approximate surface area is 274 Å². The van der Waals surface area contributed by atoms with E-state index in [4.69, 9.17) is 23.2 Å². The van der Waals surface area contributed by atoms with Gasteiger partial charge >= 0.3 is 0 Å². The molecule has 2 amide bonds. The number of nitrogens with one attached hydrogen (secondary N) is 1. The van der Waals surface area contributed by atoms with E-state index in [1.165, 1.54) is 17.0 Å². The van der Waals surface area contributed by atoms with Crippen LogP contribution in [0, 0.1) is 0 Å². The van der Waals surface area contributed by atoms with Crippen LogP contribution in [0.25, 0.3) is 0 Å². The zero-order valence-electron chi connectivity index (χ0n) is 24.7. The number of hydrogen-bond acceptors (Lipinski definition) is 4. The van der Waals surface area contributed by atoms with Crippen molar-refractivity contribution in [3.05, 3.63) is 130 Å². The van der Waals surface area contributed by atoms with Crippen molar-refractivity contribution in [2.24, 2.45) is 0 Å². The number of anilines is 1. The maximum absolute atomic E-state index is 14.5. The highest BCUT2D eigenvalue weighted by Gasteiger charge is 2.35. The van der Waals surface area contributed by atoms with E-state index in [9.17, 15) is 18.0 Å². The molecule has 0 aromatic heterocycles. The fourth-order valence-electron chi connectivity index (χ4n) is 5.60. The van der Waals surface area contributed by atoms with Crippen LogP contribution in [0.4, 0.5) is 5.69 Å². The summed E-state index contributed by atoms with van der Waals surface area (Å²) in [5.74, 6) is -0.816. The highest BCUT2D eigenvalue weighted by atomic mass is 35.5. The van der Waals surface area contributed by atoms with Gasteiger partial charge in [0, 0.05) is 19.0 Å². The Hall–Kier alpha value is -3.85. The summed E-state index contributed by atoms with van der Waals surface area (Å²) >= 11 is 12.5. The molecule has 1 atom stereocenters. The number of amides is 2. The number of carbonyl (C=O) groups is 2. The average Bonchev–Trinajstić information content (AvgIpc) is 3.57. The van der Waals surface area contributed by atoms with Crippen LogP contribution in [0.1, 0.15) is 36.8 Å². The van der Waals surface area contributed by atoms with E-state index < -0.39 is 28.5 Å². The van der Waals surface area contributed by atoms with Gasteiger partial charge in [0.15, 0.2) is 0 Å². The Kier molecular flexibility index (Phi) is 10.8. The highest BCUT2D eigenvalue weighted by molar-refractivity contribution is 7.92. The maximum Gasteiger partial charge on any atom is 0.264 e. The minimum atomic E-state index is -4.14. The summed E-state index contributed by atoms with van der Waals surface area (Å²) in [6.07, 6.45) is 4.06. The van der Waals surface area contributed by atoms with E-state index in [0.717, 1.165) is 35.6 Å². The molecular formula is C35H35Cl2N3O4S. The van der Waals surface area contributed by atoms with Crippen molar-refractivity contribution in [2.75, 3.05) is 10.8 Å². The molecule has 45 heavy (non-hydrogen) atoms. The topological polar surface area (TPSA) is 86.8 Å². The summed E-state index contributed by atoms with van der Waals surface area (Å²) in [4.78, 5) is 30.1. The van der Waals surface area contributed by atoms with Crippen molar-refractivity contribution < 1.29 is 18.0 Å². The number of sulfonamides is 1. The van der Waals surface area contributed by atoms with Crippen molar-refractivity contribution in [3.63, 3.8) is 0 Å². The van der Waals surface area contributed by atoms with Gasteiger partial charge in [0.1, 0.15) is 12.6 Å². The molecule has 5 rings (SSSR count). The predicted molar refractivity (Wildman–Crippen MR) is 179 cm³/mol. The monoisotopic (exact) mass is 663 g/mol. The Morgan fingerprint density at radius 2 is 1.38 bits per heavy atom. The van der Waals surface area contributed by atoms with Crippen molar-refractivity contribution in [3.8, 4) is 0 Å². The molecule has 4 aromatic carbocycles. The van der Waals surface area contributed by atoms with Gasteiger partial charge in [-0.2, -0.15) is 0 Å². The van der Waals surface area contributed by atoms with Crippen molar-refractivity contribution in [1.29, 1.82) is 0 Å². The van der Waals surface area contributed by atoms with Crippen LogP contribution >= 0.6 is 23.2 Å². The number of halogens is 2. The first-order valence-electron chi connectivity index (χ1n) is 14.9. The number of hydrogen-bond donors (Lipinski definition) is 1. The molecular weight excluding hydrogens is 629 g/mol. The van der Waals surface area contributed by atoms with Gasteiger partial charge in [-0.25, -0.2) is 8.42 Å². The van der Waals surface area contributed by atoms with Gasteiger partial charge in [-0.05, 0) is 60.4 Å². The largest absolute Gasteiger partial charge is 0.352 e. The molecule has 0 spiro atoms. The van der Waals surface area contributed by atoms with E-state index in [2.05, 4.69) is 5.32 Å². The first kappa shape index (κ1) is 32.5. The summed E-state index contributed by atoms with van der Waals surface area (Å²) in [6.45, 7) is -0.510. The molecule has 0 saturated heterocycles. The van der Waals surface area contributed by atoms with Crippen LogP contribution in [-0.2, 0) is 32.6 Å². The molecule has 10 heteroatoms. The van der Waals surface area contributed by atoms with Crippen LogP contribution in [0.3, 0.4) is 0 Å². The van der Waals surface area contributed by atoms with Crippen molar-refractivity contribution in [1.82, 2.24) is 10.2 Å². The minimum Gasteiger partial charge on any atom is -0.352 e. The number of carbonyl (C=O) groups excluding carboxylic acids is 2. The number of para-hydroxylation sites is 1. The molecule has 0 heterocycles. The number of rotatable bonds is 12. The molecule has 1 unspecified atom stereocenters. The molecule has 0 aliphatic heterocycles. The normalized spacial score (nSPS) is 14.1. The quantitative estimate of drug-likeness (QED) is 0.179. The Morgan fingerprint density at radius 3 is 2.00 bits per heavy atom. The molecule has 0 bridgehead atoms. The van der Waals surface area contributed by atoms with E-state index in [1.807, 2.05) is 30.3 Å². The maximum atomic E-state index is 14.5. The Balaban J connectivity index is 1.56. The van der Waals surface area contributed by atoms with Crippen LogP contribution in [0.2, 0.25) is 10.0 Å². The van der Waals surface area contributed by atoms with Gasteiger partial charge < -0.3 is 10.2 Å². The second kappa shape index (κ2) is 15.0. The predicted octanol–water partition coefficient (Wildman–Crippen LogP) is 6.89. The van der Waals surface area contributed by atoms with Gasteiger partial charge in [0.05, 0.1) is 20.6 Å². The first-order chi connectivity index (χ1) is 21.7. The summed E-state index contributed by atoms with van der Waals surface area (Å²) in [6, 6.07) is 30.1. The molecule has 0 radical (unpaired) electrons. The Bertz CT molecular complexity index is 1700. The zero-order valence-corrected chi connectivity index (χ0v) is 27.0. The van der Waals surface area contributed by atoms with Crippen molar-refractivity contribution in [2.45, 2.75) is 55.6 Å². The molecule has 1 fully saturated rings. The van der Waals surface area contributed by atoms with E-state index in [-0.39, 0.29) is 29.8 Å². The number of benzene rings is 4. The second-order valence-corrected chi connectivity index (χ2v) is 13.8. The third-order valence-electron chi connectivity index (χ3n) is 7.96. The number of nitrogens with zero attached hydrogens (tertiary/aromatic N) is 2. The van der Waals surface area contributed by atoms with E-state index in [0.29, 0.717) is 21.3 Å². The minimum absolute atomic E-state index is 0.0132. The summed E-state index contributed by atoms with van der Waals surface area (Å²) in [5.41, 5.74) is 1.86. The average molecular weight is 665 g/mol. The fourth-order valence-corrected chi connectivity index (χ4v) is 7.35. The van der Waals surface area contributed by atoms with E-state index in [1.54, 1.807) is 66.7 Å². The van der Waals surface area contributed by atoms with Crippen LogP contribution in [0.5, 0.6) is 0 Å². The molecule has 234 valence electrons. The molecule has 1 saturated carbocycles. The SMILES string of the molecule is O=C(NC1CCCC1)C(Cc1ccccc1)N(Cc1ccc(Cl)c(Cl)c1)C(=O)CN(c1ccccc1)S(=O)(=O)c1ccccc1. The summed E-state index contributed by atoms with van der Waals surface area (Å²) < 4.78 is 29.1. The van der Waals surface area contributed by atoms with Gasteiger partial charge in [0.25, 0.3) is 10.0 Å². The standard InChI is InChI=1S/C35H35Cl2N3O4S/c36-31-21-20-27(22-32(31)37)24-39(33(23-26-12-4-1-5-13-26)35(42)38-28-14-10-11-15-28)34(41)25-40(29-16-6-2-7-17-29)45(43,44)30-18-8-3-9-19-30/h1-9,12-13,16-22,28,33H,10-11,14-15,23-25H2,(H,38,42).